The standard InChI is InChI=1S/C16H20ClN3O3S/c1-5-19(6-2)24(22,23)15-11(3)18-20(12(15)4)16(21)13-7-9-14(17)10-8-13/h7-10H,5-6H2,1-4H3. The molecule has 0 radical (unpaired) electrons. The first-order valence-corrected chi connectivity index (χ1v) is 9.42. The van der Waals surface area contributed by atoms with E-state index >= 15 is 0 Å². The molecule has 8 heteroatoms. The summed E-state index contributed by atoms with van der Waals surface area (Å²) in [6.45, 7) is 7.44. The molecule has 2 aromatic rings. The molecule has 24 heavy (non-hydrogen) atoms. The summed E-state index contributed by atoms with van der Waals surface area (Å²) in [5.74, 6) is -0.395. The number of halogens is 1. The van der Waals surface area contributed by atoms with Crippen molar-refractivity contribution in [3.63, 3.8) is 0 Å². The van der Waals surface area contributed by atoms with Crippen molar-refractivity contribution in [2.75, 3.05) is 13.1 Å². The first kappa shape index (κ1) is 18.6. The Hall–Kier alpha value is -1.70. The van der Waals surface area contributed by atoms with Crippen molar-refractivity contribution in [3.8, 4) is 0 Å². The van der Waals surface area contributed by atoms with Crippen LogP contribution in [0.15, 0.2) is 29.2 Å². The van der Waals surface area contributed by atoms with Gasteiger partial charge < -0.3 is 0 Å². The van der Waals surface area contributed by atoms with E-state index in [1.54, 1.807) is 52.0 Å². The molecule has 0 atom stereocenters. The Bertz CT molecular complexity index is 853. The number of hydrogen-bond donors (Lipinski definition) is 0. The van der Waals surface area contributed by atoms with Crippen LogP contribution in [-0.2, 0) is 10.0 Å². The summed E-state index contributed by atoms with van der Waals surface area (Å²) in [6.07, 6.45) is 0. The van der Waals surface area contributed by atoms with Crippen molar-refractivity contribution in [2.24, 2.45) is 0 Å². The van der Waals surface area contributed by atoms with E-state index in [1.807, 2.05) is 0 Å². The predicted octanol–water partition coefficient (Wildman–Crippen LogP) is 2.87. The van der Waals surface area contributed by atoms with Gasteiger partial charge in [-0.1, -0.05) is 25.4 Å². The van der Waals surface area contributed by atoms with Gasteiger partial charge in [-0.25, -0.2) is 8.42 Å². The predicted molar refractivity (Wildman–Crippen MR) is 93.0 cm³/mol. The van der Waals surface area contributed by atoms with E-state index in [2.05, 4.69) is 5.10 Å². The zero-order valence-electron chi connectivity index (χ0n) is 14.1. The number of hydrogen-bond acceptors (Lipinski definition) is 4. The number of sulfonamides is 1. The van der Waals surface area contributed by atoms with Crippen molar-refractivity contribution < 1.29 is 13.2 Å². The maximum atomic E-state index is 12.8. The fourth-order valence-corrected chi connectivity index (χ4v) is 4.54. The summed E-state index contributed by atoms with van der Waals surface area (Å²) in [5, 5.41) is 4.67. The van der Waals surface area contributed by atoms with Crippen LogP contribution >= 0.6 is 11.6 Å². The van der Waals surface area contributed by atoms with Crippen LogP contribution in [0.1, 0.15) is 35.6 Å². The second-order valence-electron chi connectivity index (χ2n) is 5.31. The summed E-state index contributed by atoms with van der Waals surface area (Å²) in [7, 11) is -3.69. The number of rotatable bonds is 5. The van der Waals surface area contributed by atoms with Crippen LogP contribution in [0.5, 0.6) is 0 Å². The van der Waals surface area contributed by atoms with E-state index in [4.69, 9.17) is 11.6 Å². The van der Waals surface area contributed by atoms with Crippen LogP contribution in [0, 0.1) is 13.8 Å². The Kier molecular flexibility index (Phi) is 5.47. The van der Waals surface area contributed by atoms with Crippen LogP contribution in [0.4, 0.5) is 0 Å². The van der Waals surface area contributed by atoms with Crippen LogP contribution < -0.4 is 0 Å². The van der Waals surface area contributed by atoms with Gasteiger partial charge in [0.2, 0.25) is 10.0 Å². The van der Waals surface area contributed by atoms with Crippen molar-refractivity contribution >= 4 is 27.5 Å². The number of aromatic nitrogens is 2. The Balaban J connectivity index is 2.53. The highest BCUT2D eigenvalue weighted by Gasteiger charge is 2.30. The SMILES string of the molecule is CCN(CC)S(=O)(=O)c1c(C)nn(C(=O)c2ccc(Cl)cc2)c1C. The molecule has 6 nitrogen and oxygen atoms in total. The molecule has 0 saturated carbocycles. The quantitative estimate of drug-likeness (QED) is 0.812. The molecule has 0 aliphatic rings. The van der Waals surface area contributed by atoms with E-state index in [-0.39, 0.29) is 4.90 Å². The third-order valence-corrected chi connectivity index (χ3v) is 6.37. The molecule has 0 bridgehead atoms. The molecule has 1 aromatic heterocycles. The maximum Gasteiger partial charge on any atom is 0.278 e. The summed E-state index contributed by atoms with van der Waals surface area (Å²) >= 11 is 5.83. The number of aryl methyl sites for hydroxylation is 1. The Labute approximate surface area is 147 Å². The van der Waals surface area contributed by atoms with Gasteiger partial charge in [-0.2, -0.15) is 14.1 Å². The Morgan fingerprint density at radius 1 is 1.17 bits per heavy atom. The van der Waals surface area contributed by atoms with Gasteiger partial charge in [0.25, 0.3) is 5.91 Å². The van der Waals surface area contributed by atoms with E-state index in [9.17, 15) is 13.2 Å². The highest BCUT2D eigenvalue weighted by molar-refractivity contribution is 7.89. The van der Waals surface area contributed by atoms with Crippen LogP contribution in [-0.4, -0.2) is 41.5 Å². The molecule has 0 unspecified atom stereocenters. The monoisotopic (exact) mass is 369 g/mol. The van der Waals surface area contributed by atoms with Crippen LogP contribution in [0.2, 0.25) is 5.02 Å². The molecule has 0 fully saturated rings. The normalized spacial score (nSPS) is 11.9. The highest BCUT2D eigenvalue weighted by Crippen LogP contribution is 2.24. The second-order valence-corrected chi connectivity index (χ2v) is 7.62. The van der Waals surface area contributed by atoms with Crippen molar-refractivity contribution in [1.29, 1.82) is 0 Å². The second kappa shape index (κ2) is 7.04. The minimum absolute atomic E-state index is 0.0912. The Morgan fingerprint density at radius 3 is 2.21 bits per heavy atom. The van der Waals surface area contributed by atoms with Gasteiger partial charge >= 0.3 is 0 Å². The molecular formula is C16H20ClN3O3S. The number of carbonyl (C=O) groups excluding carboxylic acids is 1. The molecule has 1 heterocycles. The first-order chi connectivity index (χ1) is 11.2. The van der Waals surface area contributed by atoms with Gasteiger partial charge in [0.05, 0.1) is 11.4 Å². The third kappa shape index (κ3) is 3.24. The lowest BCUT2D eigenvalue weighted by Gasteiger charge is -2.18. The van der Waals surface area contributed by atoms with E-state index in [1.165, 1.54) is 4.31 Å². The average molecular weight is 370 g/mol. The average Bonchev–Trinajstić information content (AvgIpc) is 2.83. The van der Waals surface area contributed by atoms with Gasteiger partial charge in [-0.05, 0) is 38.1 Å². The van der Waals surface area contributed by atoms with Crippen molar-refractivity contribution in [3.05, 3.63) is 46.2 Å². The molecular weight excluding hydrogens is 350 g/mol. The van der Waals surface area contributed by atoms with Gasteiger partial charge in [-0.15, -0.1) is 0 Å². The zero-order valence-corrected chi connectivity index (χ0v) is 15.6. The summed E-state index contributed by atoms with van der Waals surface area (Å²) < 4.78 is 28.1. The summed E-state index contributed by atoms with van der Waals surface area (Å²) in [4.78, 5) is 12.7. The largest absolute Gasteiger partial charge is 0.278 e. The molecule has 130 valence electrons. The molecule has 2 rings (SSSR count). The molecule has 0 aliphatic carbocycles. The number of nitrogens with zero attached hydrogens (tertiary/aromatic N) is 3. The van der Waals surface area contributed by atoms with Gasteiger partial charge in [0, 0.05) is 23.7 Å². The van der Waals surface area contributed by atoms with Gasteiger partial charge in [0.1, 0.15) is 4.90 Å². The maximum absolute atomic E-state index is 12.8. The molecule has 0 N–H and O–H groups in total. The molecule has 0 amide bonds. The fourth-order valence-electron chi connectivity index (χ4n) is 2.61. The lowest BCUT2D eigenvalue weighted by Crippen LogP contribution is -2.31. The minimum atomic E-state index is -3.69. The molecule has 0 spiro atoms. The molecule has 1 aromatic carbocycles. The topological polar surface area (TPSA) is 72.3 Å². The molecule has 0 saturated heterocycles. The van der Waals surface area contributed by atoms with Crippen LogP contribution in [0.3, 0.4) is 0 Å². The number of benzene rings is 1. The molecule has 0 aliphatic heterocycles. The summed E-state index contributed by atoms with van der Waals surface area (Å²) in [6, 6.07) is 6.38. The first-order valence-electron chi connectivity index (χ1n) is 7.60. The third-order valence-electron chi connectivity index (χ3n) is 3.81. The highest BCUT2D eigenvalue weighted by atomic mass is 35.5. The smallest absolute Gasteiger partial charge is 0.267 e. The summed E-state index contributed by atoms with van der Waals surface area (Å²) in [5.41, 5.74) is 0.998. The van der Waals surface area contributed by atoms with Crippen molar-refractivity contribution in [2.45, 2.75) is 32.6 Å². The van der Waals surface area contributed by atoms with Gasteiger partial charge in [0.15, 0.2) is 0 Å². The zero-order chi connectivity index (χ0) is 18.1. The fraction of sp³-hybridized carbons (Fsp3) is 0.375. The van der Waals surface area contributed by atoms with E-state index in [0.29, 0.717) is 35.1 Å². The van der Waals surface area contributed by atoms with Gasteiger partial charge in [-0.3, -0.25) is 4.79 Å². The minimum Gasteiger partial charge on any atom is -0.267 e. The number of carbonyl (C=O) groups is 1. The van der Waals surface area contributed by atoms with Crippen LogP contribution in [0.25, 0.3) is 0 Å². The lowest BCUT2D eigenvalue weighted by molar-refractivity contribution is 0.0942. The van der Waals surface area contributed by atoms with E-state index in [0.717, 1.165) is 4.68 Å². The Morgan fingerprint density at radius 2 is 1.71 bits per heavy atom. The van der Waals surface area contributed by atoms with Crippen molar-refractivity contribution in [1.82, 2.24) is 14.1 Å². The lowest BCUT2D eigenvalue weighted by atomic mass is 10.2. The van der Waals surface area contributed by atoms with E-state index < -0.39 is 15.9 Å².